The molecule has 2 rings (SSSR count). The second kappa shape index (κ2) is 16.3. The molecular weight excluding hydrogens is 364 g/mol. The van der Waals surface area contributed by atoms with Crippen molar-refractivity contribution in [1.29, 1.82) is 0 Å². The fraction of sp³-hybridized carbons (Fsp3) is 0.714. The van der Waals surface area contributed by atoms with E-state index in [-0.39, 0.29) is 0 Å². The van der Waals surface area contributed by atoms with Crippen LogP contribution in [0.2, 0.25) is 0 Å². The number of rotatable bonds is 18. The molecule has 2 heteroatoms. The van der Waals surface area contributed by atoms with Gasteiger partial charge in [0, 0.05) is 26.0 Å². The summed E-state index contributed by atoms with van der Waals surface area (Å²) in [7, 11) is 2.22. The number of unbranched alkanes of at least 4 members (excludes halogenated alkanes) is 14. The Bertz CT molecular complexity index is 539. The smallest absolute Gasteiger partial charge is 0.101 e. The van der Waals surface area contributed by atoms with E-state index >= 15 is 0 Å². The van der Waals surface area contributed by atoms with Gasteiger partial charge < -0.3 is 9.80 Å². The van der Waals surface area contributed by atoms with Gasteiger partial charge in [0.25, 0.3) is 0 Å². The second-order valence-electron chi connectivity index (χ2n) is 9.34. The highest BCUT2D eigenvalue weighted by atomic mass is 15.4. The van der Waals surface area contributed by atoms with E-state index in [1.54, 1.807) is 0 Å². The Morgan fingerprint density at radius 1 is 0.633 bits per heavy atom. The second-order valence-corrected chi connectivity index (χ2v) is 9.34. The minimum Gasteiger partial charge on any atom is -0.359 e. The summed E-state index contributed by atoms with van der Waals surface area (Å²) >= 11 is 0. The molecule has 0 aromatic heterocycles. The van der Waals surface area contributed by atoms with Gasteiger partial charge in [0.15, 0.2) is 0 Å². The molecule has 1 unspecified atom stereocenters. The molecule has 0 radical (unpaired) electrons. The average molecular weight is 413 g/mol. The van der Waals surface area contributed by atoms with E-state index in [4.69, 9.17) is 0 Å². The number of hydrogen-bond donors (Lipinski definition) is 0. The van der Waals surface area contributed by atoms with Crippen LogP contribution in [0.5, 0.6) is 0 Å². The first-order valence-electron chi connectivity index (χ1n) is 13.0. The van der Waals surface area contributed by atoms with Gasteiger partial charge in [-0.05, 0) is 18.4 Å². The minimum absolute atomic E-state index is 0.534. The van der Waals surface area contributed by atoms with Crippen molar-refractivity contribution in [3.63, 3.8) is 0 Å². The van der Waals surface area contributed by atoms with Crippen molar-refractivity contribution in [2.24, 2.45) is 0 Å². The highest BCUT2D eigenvalue weighted by Crippen LogP contribution is 2.22. The van der Waals surface area contributed by atoms with Crippen LogP contribution in [0.4, 0.5) is 0 Å². The molecule has 0 bridgehead atoms. The monoisotopic (exact) mass is 412 g/mol. The van der Waals surface area contributed by atoms with Crippen LogP contribution in [0, 0.1) is 0 Å². The Labute approximate surface area is 187 Å². The van der Waals surface area contributed by atoms with Gasteiger partial charge in [0.1, 0.15) is 6.17 Å². The van der Waals surface area contributed by atoms with E-state index in [0.29, 0.717) is 6.17 Å². The first kappa shape index (κ1) is 24.8. The van der Waals surface area contributed by atoms with E-state index in [9.17, 15) is 0 Å². The van der Waals surface area contributed by atoms with Gasteiger partial charge in [-0.3, -0.25) is 0 Å². The first-order chi connectivity index (χ1) is 14.8. The summed E-state index contributed by atoms with van der Waals surface area (Å²) in [4.78, 5) is 4.88. The summed E-state index contributed by atoms with van der Waals surface area (Å²) in [6.45, 7) is 3.32. The molecule has 1 aromatic rings. The SMILES string of the molecule is CCCCCCCCCCCCCCCCCC1N(C)C=CN1Cc1ccccc1. The molecular formula is C28H48N2. The first-order valence-corrected chi connectivity index (χ1v) is 13.0. The molecule has 0 saturated heterocycles. The van der Waals surface area contributed by atoms with Gasteiger partial charge in [-0.1, -0.05) is 127 Å². The number of hydrogen-bond acceptors (Lipinski definition) is 2. The van der Waals surface area contributed by atoms with Crippen molar-refractivity contribution in [3.8, 4) is 0 Å². The maximum absolute atomic E-state index is 2.50. The fourth-order valence-corrected chi connectivity index (χ4v) is 4.64. The van der Waals surface area contributed by atoms with Crippen LogP contribution in [0.25, 0.3) is 0 Å². The lowest BCUT2D eigenvalue weighted by Crippen LogP contribution is -2.36. The van der Waals surface area contributed by atoms with Gasteiger partial charge in [0.05, 0.1) is 0 Å². The molecule has 0 saturated carbocycles. The lowest BCUT2D eigenvalue weighted by atomic mass is 10.0. The Balaban J connectivity index is 1.41. The molecule has 1 aliphatic rings. The Hall–Kier alpha value is -1.44. The van der Waals surface area contributed by atoms with Crippen LogP contribution in [0.15, 0.2) is 42.7 Å². The summed E-state index contributed by atoms with van der Waals surface area (Å²) in [5, 5.41) is 0. The number of nitrogens with zero attached hydrogens (tertiary/aromatic N) is 2. The van der Waals surface area contributed by atoms with E-state index < -0.39 is 0 Å². The van der Waals surface area contributed by atoms with Crippen molar-refractivity contribution in [1.82, 2.24) is 9.80 Å². The third-order valence-corrected chi connectivity index (χ3v) is 6.62. The van der Waals surface area contributed by atoms with Crippen molar-refractivity contribution in [2.45, 2.75) is 122 Å². The molecule has 1 aliphatic heterocycles. The van der Waals surface area contributed by atoms with Crippen LogP contribution in [-0.2, 0) is 6.54 Å². The molecule has 1 heterocycles. The molecule has 1 atom stereocenters. The van der Waals surface area contributed by atoms with Crippen LogP contribution in [0.3, 0.4) is 0 Å². The maximum atomic E-state index is 2.50. The standard InChI is InChI=1S/C28H48N2/c1-3-4-5-6-7-8-9-10-11-12-13-14-15-16-20-23-28-29(2)24-25-30(28)26-27-21-18-17-19-22-27/h17-19,21-22,24-25,28H,3-16,20,23,26H2,1-2H3. The zero-order valence-corrected chi connectivity index (χ0v) is 20.0. The largest absolute Gasteiger partial charge is 0.359 e. The lowest BCUT2D eigenvalue weighted by molar-refractivity contribution is 0.155. The summed E-state index contributed by atoms with van der Waals surface area (Å²) in [6.07, 6.45) is 27.8. The molecule has 2 nitrogen and oxygen atoms in total. The lowest BCUT2D eigenvalue weighted by Gasteiger charge is -2.30. The minimum atomic E-state index is 0.534. The summed E-state index contributed by atoms with van der Waals surface area (Å²) < 4.78 is 0. The van der Waals surface area contributed by atoms with E-state index in [0.717, 1.165) is 6.54 Å². The summed E-state index contributed by atoms with van der Waals surface area (Å²) in [6, 6.07) is 10.8. The van der Waals surface area contributed by atoms with Gasteiger partial charge >= 0.3 is 0 Å². The van der Waals surface area contributed by atoms with Crippen LogP contribution in [-0.4, -0.2) is 23.0 Å². The van der Waals surface area contributed by atoms with Gasteiger partial charge in [-0.15, -0.1) is 0 Å². The Morgan fingerprint density at radius 3 is 1.67 bits per heavy atom. The van der Waals surface area contributed by atoms with E-state index in [1.165, 1.54) is 108 Å². The molecule has 0 fully saturated rings. The molecule has 0 N–H and O–H groups in total. The molecule has 0 amide bonds. The van der Waals surface area contributed by atoms with Crippen molar-refractivity contribution >= 4 is 0 Å². The predicted octanol–water partition coefficient (Wildman–Crippen LogP) is 8.49. The molecule has 1 aromatic carbocycles. The molecule has 0 aliphatic carbocycles. The van der Waals surface area contributed by atoms with Crippen LogP contribution < -0.4 is 0 Å². The van der Waals surface area contributed by atoms with Crippen LogP contribution >= 0.6 is 0 Å². The van der Waals surface area contributed by atoms with Gasteiger partial charge in [-0.2, -0.15) is 0 Å². The highest BCUT2D eigenvalue weighted by Gasteiger charge is 2.22. The quantitative estimate of drug-likeness (QED) is 0.223. The summed E-state index contributed by atoms with van der Waals surface area (Å²) in [5.41, 5.74) is 1.40. The van der Waals surface area contributed by atoms with Gasteiger partial charge in [-0.25, -0.2) is 0 Å². The molecule has 30 heavy (non-hydrogen) atoms. The predicted molar refractivity (Wildman–Crippen MR) is 132 cm³/mol. The zero-order valence-electron chi connectivity index (χ0n) is 20.0. The third-order valence-electron chi connectivity index (χ3n) is 6.62. The van der Waals surface area contributed by atoms with Crippen molar-refractivity contribution in [2.75, 3.05) is 7.05 Å². The average Bonchev–Trinajstić information content (AvgIpc) is 3.11. The van der Waals surface area contributed by atoms with Crippen LogP contribution in [0.1, 0.15) is 115 Å². The normalized spacial score (nSPS) is 16.0. The van der Waals surface area contributed by atoms with Crippen molar-refractivity contribution < 1.29 is 0 Å². The zero-order chi connectivity index (χ0) is 21.3. The van der Waals surface area contributed by atoms with E-state index in [1.807, 2.05) is 0 Å². The van der Waals surface area contributed by atoms with Gasteiger partial charge in [0.2, 0.25) is 0 Å². The molecule has 170 valence electrons. The molecule has 0 spiro atoms. The third kappa shape index (κ3) is 10.5. The Kier molecular flexibility index (Phi) is 13.5. The maximum Gasteiger partial charge on any atom is 0.101 e. The summed E-state index contributed by atoms with van der Waals surface area (Å²) in [5.74, 6) is 0. The Morgan fingerprint density at radius 2 is 1.13 bits per heavy atom. The fourth-order valence-electron chi connectivity index (χ4n) is 4.64. The number of benzene rings is 1. The van der Waals surface area contributed by atoms with E-state index in [2.05, 4.69) is 66.5 Å². The van der Waals surface area contributed by atoms with Crippen molar-refractivity contribution in [3.05, 3.63) is 48.3 Å². The topological polar surface area (TPSA) is 6.48 Å². The highest BCUT2D eigenvalue weighted by molar-refractivity contribution is 5.15.